The summed E-state index contributed by atoms with van der Waals surface area (Å²) in [6.07, 6.45) is 1.86. The van der Waals surface area contributed by atoms with Gasteiger partial charge in [-0.25, -0.2) is 4.39 Å². The highest BCUT2D eigenvalue weighted by Crippen LogP contribution is 2.47. The summed E-state index contributed by atoms with van der Waals surface area (Å²) >= 11 is 0. The fraction of sp³-hybridized carbons (Fsp3) is 0.500. The Hall–Kier alpha value is -1.91. The van der Waals surface area contributed by atoms with Crippen LogP contribution in [-0.4, -0.2) is 23.9 Å². The Morgan fingerprint density at radius 1 is 1.14 bits per heavy atom. The molecule has 0 radical (unpaired) electrons. The molecule has 1 aliphatic rings. The molecule has 0 aliphatic heterocycles. The fourth-order valence-electron chi connectivity index (χ4n) is 2.25. The van der Waals surface area contributed by atoms with Gasteiger partial charge in [0, 0.05) is 17.5 Å². The Labute approximate surface area is 124 Å². The number of carbonyl (C=O) groups is 2. The SMILES string of the molecule is CC(C)(C)NC(=O)C(=O)NCC1(c2ccc(F)cc2)CC1. The van der Waals surface area contributed by atoms with E-state index in [0.717, 1.165) is 18.4 Å². The molecule has 21 heavy (non-hydrogen) atoms. The molecule has 2 N–H and O–H groups in total. The van der Waals surface area contributed by atoms with Crippen molar-refractivity contribution in [1.82, 2.24) is 10.6 Å². The summed E-state index contributed by atoms with van der Waals surface area (Å²) in [5.41, 5.74) is 0.411. The number of hydrogen-bond donors (Lipinski definition) is 2. The quantitative estimate of drug-likeness (QED) is 0.836. The van der Waals surface area contributed by atoms with Crippen LogP contribution in [0.2, 0.25) is 0 Å². The van der Waals surface area contributed by atoms with Crippen LogP contribution in [0.3, 0.4) is 0 Å². The summed E-state index contributed by atoms with van der Waals surface area (Å²) in [7, 11) is 0. The molecule has 0 bridgehead atoms. The van der Waals surface area contributed by atoms with E-state index in [1.165, 1.54) is 12.1 Å². The maximum atomic E-state index is 13.0. The van der Waals surface area contributed by atoms with Crippen LogP contribution >= 0.6 is 0 Å². The lowest BCUT2D eigenvalue weighted by molar-refractivity contribution is -0.140. The molecule has 0 aromatic heterocycles. The van der Waals surface area contributed by atoms with Crippen molar-refractivity contribution in [2.75, 3.05) is 6.54 Å². The summed E-state index contributed by atoms with van der Waals surface area (Å²) in [6.45, 7) is 5.85. The van der Waals surface area contributed by atoms with Crippen LogP contribution in [0.1, 0.15) is 39.2 Å². The van der Waals surface area contributed by atoms with Gasteiger partial charge in [0.1, 0.15) is 5.82 Å². The van der Waals surface area contributed by atoms with E-state index in [-0.39, 0.29) is 11.2 Å². The minimum Gasteiger partial charge on any atom is -0.347 e. The summed E-state index contributed by atoms with van der Waals surface area (Å²) in [5, 5.41) is 5.30. The number of carbonyl (C=O) groups excluding carboxylic acids is 2. The molecule has 0 atom stereocenters. The van der Waals surface area contributed by atoms with E-state index < -0.39 is 17.4 Å². The lowest BCUT2D eigenvalue weighted by Crippen LogP contribution is -2.49. The first-order valence-corrected chi connectivity index (χ1v) is 7.08. The average Bonchev–Trinajstić information content (AvgIpc) is 3.16. The van der Waals surface area contributed by atoms with Crippen LogP contribution in [0.25, 0.3) is 0 Å². The van der Waals surface area contributed by atoms with Gasteiger partial charge < -0.3 is 10.6 Å². The Balaban J connectivity index is 1.92. The van der Waals surface area contributed by atoms with Gasteiger partial charge in [-0.15, -0.1) is 0 Å². The van der Waals surface area contributed by atoms with Crippen molar-refractivity contribution in [3.05, 3.63) is 35.6 Å². The lowest BCUT2D eigenvalue weighted by atomic mass is 9.96. The first-order valence-electron chi connectivity index (χ1n) is 7.08. The molecule has 2 amide bonds. The van der Waals surface area contributed by atoms with Crippen LogP contribution in [0, 0.1) is 5.82 Å². The average molecular weight is 292 g/mol. The molecule has 114 valence electrons. The van der Waals surface area contributed by atoms with Crippen molar-refractivity contribution in [2.45, 2.75) is 44.6 Å². The number of hydrogen-bond acceptors (Lipinski definition) is 2. The van der Waals surface area contributed by atoms with Gasteiger partial charge in [-0.05, 0) is 51.3 Å². The normalized spacial score (nSPS) is 16.2. The molecule has 1 aliphatic carbocycles. The largest absolute Gasteiger partial charge is 0.347 e. The van der Waals surface area contributed by atoms with E-state index in [4.69, 9.17) is 0 Å². The molecule has 1 saturated carbocycles. The zero-order valence-electron chi connectivity index (χ0n) is 12.6. The summed E-state index contributed by atoms with van der Waals surface area (Å²) in [4.78, 5) is 23.5. The molecule has 5 heteroatoms. The number of nitrogens with one attached hydrogen (secondary N) is 2. The van der Waals surface area contributed by atoms with Crippen molar-refractivity contribution >= 4 is 11.8 Å². The van der Waals surface area contributed by atoms with Gasteiger partial charge in [-0.1, -0.05) is 12.1 Å². The van der Waals surface area contributed by atoms with Crippen molar-refractivity contribution in [3.8, 4) is 0 Å². The second-order valence-corrected chi connectivity index (χ2v) is 6.67. The van der Waals surface area contributed by atoms with E-state index in [1.54, 1.807) is 12.1 Å². The third-order valence-corrected chi connectivity index (χ3v) is 3.59. The Bertz CT molecular complexity index is 542. The van der Waals surface area contributed by atoms with Gasteiger partial charge >= 0.3 is 11.8 Å². The third kappa shape index (κ3) is 4.03. The van der Waals surface area contributed by atoms with Crippen LogP contribution in [0.5, 0.6) is 0 Å². The van der Waals surface area contributed by atoms with Crippen molar-refractivity contribution < 1.29 is 14.0 Å². The summed E-state index contributed by atoms with van der Waals surface area (Å²) in [6, 6.07) is 6.32. The van der Waals surface area contributed by atoms with Crippen LogP contribution in [0.4, 0.5) is 4.39 Å². The first-order chi connectivity index (χ1) is 9.72. The second-order valence-electron chi connectivity index (χ2n) is 6.67. The predicted octanol–water partition coefficient (Wildman–Crippen LogP) is 1.89. The molecule has 0 spiro atoms. The van der Waals surface area contributed by atoms with E-state index in [9.17, 15) is 14.0 Å². The highest BCUT2D eigenvalue weighted by atomic mass is 19.1. The molecule has 1 fully saturated rings. The van der Waals surface area contributed by atoms with Crippen LogP contribution < -0.4 is 10.6 Å². The standard InChI is InChI=1S/C16H21FN2O2/c1-15(2,3)19-14(21)13(20)18-10-16(8-9-16)11-4-6-12(17)7-5-11/h4-7H,8-10H2,1-3H3,(H,18,20)(H,19,21). The minimum absolute atomic E-state index is 0.147. The van der Waals surface area contributed by atoms with Crippen LogP contribution in [-0.2, 0) is 15.0 Å². The number of benzene rings is 1. The Morgan fingerprint density at radius 2 is 1.71 bits per heavy atom. The molecule has 1 aromatic carbocycles. The van der Waals surface area contributed by atoms with Gasteiger partial charge in [0.15, 0.2) is 0 Å². The third-order valence-electron chi connectivity index (χ3n) is 3.59. The van der Waals surface area contributed by atoms with Gasteiger partial charge in [0.25, 0.3) is 0 Å². The first kappa shape index (κ1) is 15.5. The van der Waals surface area contributed by atoms with Gasteiger partial charge in [-0.3, -0.25) is 9.59 Å². The molecular weight excluding hydrogens is 271 g/mol. The molecule has 4 nitrogen and oxygen atoms in total. The highest BCUT2D eigenvalue weighted by Gasteiger charge is 2.44. The van der Waals surface area contributed by atoms with Gasteiger partial charge in [-0.2, -0.15) is 0 Å². The van der Waals surface area contributed by atoms with E-state index in [2.05, 4.69) is 10.6 Å². The fourth-order valence-corrected chi connectivity index (χ4v) is 2.25. The Morgan fingerprint density at radius 3 is 2.19 bits per heavy atom. The monoisotopic (exact) mass is 292 g/mol. The molecule has 2 rings (SSSR count). The second kappa shape index (κ2) is 5.47. The van der Waals surface area contributed by atoms with Crippen molar-refractivity contribution in [2.24, 2.45) is 0 Å². The molecule has 0 saturated heterocycles. The maximum Gasteiger partial charge on any atom is 0.309 e. The number of halogens is 1. The van der Waals surface area contributed by atoms with Gasteiger partial charge in [0.05, 0.1) is 0 Å². The minimum atomic E-state index is -0.627. The number of amides is 2. The van der Waals surface area contributed by atoms with Gasteiger partial charge in [0.2, 0.25) is 0 Å². The number of rotatable bonds is 3. The van der Waals surface area contributed by atoms with Crippen LogP contribution in [0.15, 0.2) is 24.3 Å². The predicted molar refractivity (Wildman–Crippen MR) is 78.2 cm³/mol. The molecule has 1 aromatic rings. The summed E-state index contributed by atoms with van der Waals surface area (Å²) in [5.74, 6) is -1.53. The van der Waals surface area contributed by atoms with E-state index in [0.29, 0.717) is 6.54 Å². The van der Waals surface area contributed by atoms with E-state index >= 15 is 0 Å². The maximum absolute atomic E-state index is 13.0. The lowest BCUT2D eigenvalue weighted by Gasteiger charge is -2.21. The zero-order valence-corrected chi connectivity index (χ0v) is 12.6. The smallest absolute Gasteiger partial charge is 0.309 e. The topological polar surface area (TPSA) is 58.2 Å². The van der Waals surface area contributed by atoms with E-state index in [1.807, 2.05) is 20.8 Å². The Kier molecular flexibility index (Phi) is 4.03. The molecular formula is C16H21FN2O2. The van der Waals surface area contributed by atoms with Crippen molar-refractivity contribution in [3.63, 3.8) is 0 Å². The summed E-state index contributed by atoms with van der Waals surface area (Å²) < 4.78 is 13.0. The molecule has 0 unspecified atom stereocenters. The zero-order chi connectivity index (χ0) is 15.7. The molecule has 0 heterocycles. The van der Waals surface area contributed by atoms with Crippen molar-refractivity contribution in [1.29, 1.82) is 0 Å². The highest BCUT2D eigenvalue weighted by molar-refractivity contribution is 6.35.